The van der Waals surface area contributed by atoms with Gasteiger partial charge >= 0.3 is 9.28 Å². The van der Waals surface area contributed by atoms with E-state index in [9.17, 15) is 0 Å². The maximum atomic E-state index is 5.89. The van der Waals surface area contributed by atoms with E-state index in [1.807, 2.05) is 30.5 Å². The molecule has 5 heteroatoms. The molecule has 4 nitrogen and oxygen atoms in total. The molecule has 0 bridgehead atoms. The zero-order valence-electron chi connectivity index (χ0n) is 12.7. The van der Waals surface area contributed by atoms with Gasteiger partial charge in [0.25, 0.3) is 0 Å². The molecular formula is C16H22N2O2Si. The van der Waals surface area contributed by atoms with E-state index in [-0.39, 0.29) is 0 Å². The standard InChI is InChI=1S/C16H22N2O2Si/c1-3-11-19-21(20-12-4-2)14-8-9-16(18-13-14)15-7-5-6-10-17-15/h5-10,13,21H,3-4,11-12H2,1-2H3. The summed E-state index contributed by atoms with van der Waals surface area (Å²) in [5.41, 5.74) is 1.75. The molecule has 0 spiro atoms. The van der Waals surface area contributed by atoms with Gasteiger partial charge in [0, 0.05) is 30.8 Å². The summed E-state index contributed by atoms with van der Waals surface area (Å²) < 4.78 is 11.8. The van der Waals surface area contributed by atoms with Crippen molar-refractivity contribution in [3.05, 3.63) is 42.7 Å². The van der Waals surface area contributed by atoms with Gasteiger partial charge in [-0.2, -0.15) is 0 Å². The fourth-order valence-corrected chi connectivity index (χ4v) is 3.73. The SMILES string of the molecule is CCCO[SiH](OCCC)c1ccc(-c2ccccn2)nc1. The van der Waals surface area contributed by atoms with Gasteiger partial charge in [0.05, 0.1) is 11.4 Å². The van der Waals surface area contributed by atoms with Crippen LogP contribution in [0.1, 0.15) is 26.7 Å². The first kappa shape index (κ1) is 15.8. The number of hydrogen-bond donors (Lipinski definition) is 0. The molecule has 0 aliphatic rings. The van der Waals surface area contributed by atoms with Crippen molar-refractivity contribution in [2.75, 3.05) is 13.2 Å². The Hall–Kier alpha value is -1.56. The van der Waals surface area contributed by atoms with Gasteiger partial charge in [-0.3, -0.25) is 9.97 Å². The first-order chi connectivity index (χ1) is 10.3. The Labute approximate surface area is 128 Å². The Bertz CT molecular complexity index is 512. The van der Waals surface area contributed by atoms with E-state index in [4.69, 9.17) is 8.85 Å². The Morgan fingerprint density at radius 1 is 0.905 bits per heavy atom. The maximum Gasteiger partial charge on any atom is 0.357 e. The summed E-state index contributed by atoms with van der Waals surface area (Å²) in [4.78, 5) is 8.81. The van der Waals surface area contributed by atoms with Crippen molar-refractivity contribution >= 4 is 14.5 Å². The van der Waals surface area contributed by atoms with E-state index < -0.39 is 9.28 Å². The fourth-order valence-electron chi connectivity index (χ4n) is 1.90. The monoisotopic (exact) mass is 302 g/mol. The molecule has 2 heterocycles. The molecule has 0 saturated heterocycles. The molecule has 2 aromatic rings. The van der Waals surface area contributed by atoms with Gasteiger partial charge in [-0.25, -0.2) is 0 Å². The van der Waals surface area contributed by atoms with Crippen LogP contribution in [0.5, 0.6) is 0 Å². The van der Waals surface area contributed by atoms with E-state index in [0.29, 0.717) is 0 Å². The van der Waals surface area contributed by atoms with Crippen LogP contribution in [0.2, 0.25) is 0 Å². The zero-order chi connectivity index (χ0) is 14.9. The van der Waals surface area contributed by atoms with E-state index >= 15 is 0 Å². The lowest BCUT2D eigenvalue weighted by atomic mass is 10.2. The van der Waals surface area contributed by atoms with E-state index in [0.717, 1.165) is 42.6 Å². The number of aromatic nitrogens is 2. The summed E-state index contributed by atoms with van der Waals surface area (Å²) in [7, 11) is -1.82. The normalized spacial score (nSPS) is 11.0. The second-order valence-electron chi connectivity index (χ2n) is 4.77. The van der Waals surface area contributed by atoms with Crippen LogP contribution in [0.3, 0.4) is 0 Å². The smallest absolute Gasteiger partial charge is 0.357 e. The fraction of sp³-hybridized carbons (Fsp3) is 0.375. The Morgan fingerprint density at radius 3 is 2.14 bits per heavy atom. The lowest BCUT2D eigenvalue weighted by molar-refractivity contribution is 0.207. The number of rotatable bonds is 8. The van der Waals surface area contributed by atoms with Crippen LogP contribution < -0.4 is 5.19 Å². The molecule has 0 aliphatic carbocycles. The molecule has 2 aromatic heterocycles. The van der Waals surface area contributed by atoms with Crippen molar-refractivity contribution < 1.29 is 8.85 Å². The summed E-state index contributed by atoms with van der Waals surface area (Å²) in [5, 5.41) is 1.08. The molecule has 0 N–H and O–H groups in total. The van der Waals surface area contributed by atoms with Gasteiger partial charge in [-0.15, -0.1) is 0 Å². The first-order valence-corrected chi connectivity index (χ1v) is 8.97. The Balaban J connectivity index is 2.11. The number of hydrogen-bond acceptors (Lipinski definition) is 4. The Morgan fingerprint density at radius 2 is 1.62 bits per heavy atom. The second-order valence-corrected chi connectivity index (χ2v) is 6.76. The molecule has 0 aromatic carbocycles. The highest BCUT2D eigenvalue weighted by Crippen LogP contribution is 2.11. The molecule has 0 saturated carbocycles. The average Bonchev–Trinajstić information content (AvgIpc) is 2.56. The minimum absolute atomic E-state index is 0.739. The van der Waals surface area contributed by atoms with Crippen LogP contribution in [-0.2, 0) is 8.85 Å². The minimum atomic E-state index is -1.82. The van der Waals surface area contributed by atoms with E-state index in [2.05, 4.69) is 29.9 Å². The van der Waals surface area contributed by atoms with Crippen LogP contribution in [0.25, 0.3) is 11.4 Å². The summed E-state index contributed by atoms with van der Waals surface area (Å²) in [5.74, 6) is 0. The van der Waals surface area contributed by atoms with Crippen molar-refractivity contribution in [1.29, 1.82) is 0 Å². The average molecular weight is 302 g/mol. The van der Waals surface area contributed by atoms with E-state index in [1.54, 1.807) is 6.20 Å². The quantitative estimate of drug-likeness (QED) is 0.703. The lowest BCUT2D eigenvalue weighted by Gasteiger charge is -2.16. The molecule has 2 rings (SSSR count). The van der Waals surface area contributed by atoms with Gasteiger partial charge < -0.3 is 8.85 Å². The molecule has 21 heavy (non-hydrogen) atoms. The van der Waals surface area contributed by atoms with Crippen LogP contribution >= 0.6 is 0 Å². The van der Waals surface area contributed by atoms with Crippen molar-refractivity contribution in [3.63, 3.8) is 0 Å². The topological polar surface area (TPSA) is 44.2 Å². The van der Waals surface area contributed by atoms with E-state index in [1.165, 1.54) is 0 Å². The maximum absolute atomic E-state index is 5.89. The number of nitrogens with zero attached hydrogens (tertiary/aromatic N) is 2. The van der Waals surface area contributed by atoms with Gasteiger partial charge in [-0.1, -0.05) is 26.0 Å². The predicted octanol–water partition coefficient (Wildman–Crippen LogP) is 2.42. The molecule has 0 fully saturated rings. The molecule has 0 atom stereocenters. The highest BCUT2D eigenvalue weighted by atomic mass is 28.3. The van der Waals surface area contributed by atoms with Gasteiger partial charge in [-0.05, 0) is 31.0 Å². The molecule has 0 aliphatic heterocycles. The second kappa shape index (κ2) is 8.66. The Kier molecular flexibility index (Phi) is 6.53. The van der Waals surface area contributed by atoms with Gasteiger partial charge in [0.2, 0.25) is 0 Å². The molecular weight excluding hydrogens is 280 g/mol. The van der Waals surface area contributed by atoms with Crippen molar-refractivity contribution in [3.8, 4) is 11.4 Å². The molecule has 0 amide bonds. The first-order valence-electron chi connectivity index (χ1n) is 7.45. The third kappa shape index (κ3) is 4.73. The van der Waals surface area contributed by atoms with Gasteiger partial charge in [0.1, 0.15) is 0 Å². The van der Waals surface area contributed by atoms with Crippen molar-refractivity contribution in [2.45, 2.75) is 26.7 Å². The lowest BCUT2D eigenvalue weighted by Crippen LogP contribution is -2.37. The summed E-state index contributed by atoms with van der Waals surface area (Å²) in [6.07, 6.45) is 5.64. The summed E-state index contributed by atoms with van der Waals surface area (Å²) in [6.45, 7) is 5.69. The molecule has 0 unspecified atom stereocenters. The third-order valence-electron chi connectivity index (χ3n) is 2.93. The third-order valence-corrected chi connectivity index (χ3v) is 4.90. The van der Waals surface area contributed by atoms with Crippen LogP contribution in [0, 0.1) is 0 Å². The summed E-state index contributed by atoms with van der Waals surface area (Å²) >= 11 is 0. The highest BCUT2D eigenvalue weighted by Gasteiger charge is 2.17. The van der Waals surface area contributed by atoms with Gasteiger partial charge in [0.15, 0.2) is 0 Å². The summed E-state index contributed by atoms with van der Waals surface area (Å²) in [6, 6.07) is 9.86. The van der Waals surface area contributed by atoms with Crippen molar-refractivity contribution in [1.82, 2.24) is 9.97 Å². The number of pyridine rings is 2. The molecule has 0 radical (unpaired) electrons. The van der Waals surface area contributed by atoms with Crippen LogP contribution in [0.15, 0.2) is 42.7 Å². The minimum Gasteiger partial charge on any atom is -0.393 e. The predicted molar refractivity (Wildman–Crippen MR) is 86.7 cm³/mol. The zero-order valence-corrected chi connectivity index (χ0v) is 13.8. The van der Waals surface area contributed by atoms with Crippen molar-refractivity contribution in [2.24, 2.45) is 0 Å². The van der Waals surface area contributed by atoms with Crippen LogP contribution in [-0.4, -0.2) is 32.5 Å². The molecule has 112 valence electrons. The largest absolute Gasteiger partial charge is 0.393 e. The van der Waals surface area contributed by atoms with Crippen LogP contribution in [0.4, 0.5) is 0 Å². The highest BCUT2D eigenvalue weighted by molar-refractivity contribution is 6.61.